The van der Waals surface area contributed by atoms with Gasteiger partial charge in [-0.25, -0.2) is 4.79 Å². The third-order valence-corrected chi connectivity index (χ3v) is 6.03. The lowest BCUT2D eigenvalue weighted by Gasteiger charge is -2.26. The normalized spacial score (nSPS) is 15.2. The fourth-order valence-corrected chi connectivity index (χ4v) is 4.34. The fraction of sp³-hybridized carbons (Fsp3) is 0.200. The van der Waals surface area contributed by atoms with Crippen molar-refractivity contribution in [1.29, 1.82) is 0 Å². The highest BCUT2D eigenvalue weighted by molar-refractivity contribution is 5.97. The average Bonchev–Trinajstić information content (AvgIpc) is 3.62. The van der Waals surface area contributed by atoms with E-state index in [9.17, 15) is 14.7 Å². The molecule has 0 spiro atoms. The Labute approximate surface area is 198 Å². The number of carboxylic acid groups (broad SMARTS) is 1. The molecule has 3 aromatic carbocycles. The molecule has 3 aliphatic rings. The molecule has 0 bridgehead atoms. The van der Waals surface area contributed by atoms with Crippen molar-refractivity contribution in [2.75, 3.05) is 20.4 Å². The summed E-state index contributed by atoms with van der Waals surface area (Å²) in [5.41, 5.74) is 1.48. The molecule has 0 fully saturated rings. The van der Waals surface area contributed by atoms with E-state index in [1.807, 2.05) is 0 Å². The molecule has 6 rings (SSSR count). The molecule has 2 N–H and O–H groups in total. The number of benzene rings is 3. The van der Waals surface area contributed by atoms with Gasteiger partial charge in [-0.3, -0.25) is 4.79 Å². The zero-order valence-electron chi connectivity index (χ0n) is 18.2. The van der Waals surface area contributed by atoms with Gasteiger partial charge < -0.3 is 38.8 Å². The second-order valence-electron chi connectivity index (χ2n) is 8.06. The van der Waals surface area contributed by atoms with Gasteiger partial charge in [0.1, 0.15) is 6.04 Å². The Bertz CT molecular complexity index is 1280. The van der Waals surface area contributed by atoms with Crippen LogP contribution in [-0.4, -0.2) is 43.4 Å². The maximum absolute atomic E-state index is 13.1. The average molecular weight is 477 g/mol. The number of hydrogen-bond donors (Lipinski definition) is 2. The summed E-state index contributed by atoms with van der Waals surface area (Å²) in [5, 5.41) is 12.9. The third-order valence-electron chi connectivity index (χ3n) is 6.03. The summed E-state index contributed by atoms with van der Waals surface area (Å²) in [4.78, 5) is 25.7. The Morgan fingerprint density at radius 3 is 1.63 bits per heavy atom. The second-order valence-corrected chi connectivity index (χ2v) is 8.06. The lowest BCUT2D eigenvalue weighted by Crippen LogP contribution is -2.45. The van der Waals surface area contributed by atoms with Crippen LogP contribution >= 0.6 is 0 Å². The van der Waals surface area contributed by atoms with Crippen LogP contribution in [-0.2, 0) is 4.79 Å². The Hall–Kier alpha value is -4.60. The Kier molecular flexibility index (Phi) is 4.98. The first-order valence-corrected chi connectivity index (χ1v) is 10.8. The summed E-state index contributed by atoms with van der Waals surface area (Å²) in [6, 6.07) is 13.8. The minimum atomic E-state index is -1.33. The first-order chi connectivity index (χ1) is 17.1. The SMILES string of the molecule is O=C(N[C@@H](C(=O)O)C(c1ccc2c(c1)OCO2)c1ccc2c(c1)OCO2)c1ccc2c(c1)OCO2. The summed E-state index contributed by atoms with van der Waals surface area (Å²) in [7, 11) is 0. The number of ether oxygens (including phenoxy) is 6. The molecule has 10 heteroatoms. The van der Waals surface area contributed by atoms with Crippen molar-refractivity contribution in [3.8, 4) is 34.5 Å². The zero-order valence-corrected chi connectivity index (χ0v) is 18.2. The minimum absolute atomic E-state index is 0.0639. The summed E-state index contributed by atoms with van der Waals surface area (Å²) in [6.07, 6.45) is 0. The maximum Gasteiger partial charge on any atom is 0.327 e. The van der Waals surface area contributed by atoms with Crippen LogP contribution in [0.15, 0.2) is 54.6 Å². The van der Waals surface area contributed by atoms with Crippen molar-refractivity contribution in [3.05, 3.63) is 71.3 Å². The highest BCUT2D eigenvalue weighted by Crippen LogP contribution is 2.41. The van der Waals surface area contributed by atoms with E-state index in [0.29, 0.717) is 45.6 Å². The summed E-state index contributed by atoms with van der Waals surface area (Å²) in [5.74, 6) is 0.515. The standard InChI is InChI=1S/C25H19NO9/c27-24(15-3-6-18-21(9-15)35-12-32-18)26-23(25(28)29)22(13-1-4-16-19(7-13)33-10-30-16)14-2-5-17-20(8-14)34-11-31-17/h1-9,22-23H,10-12H2,(H,26,27)(H,28,29)/t23-/m1/s1. The Morgan fingerprint density at radius 1 is 0.657 bits per heavy atom. The maximum atomic E-state index is 13.1. The van der Waals surface area contributed by atoms with Crippen molar-refractivity contribution in [1.82, 2.24) is 5.32 Å². The molecule has 0 radical (unpaired) electrons. The lowest BCUT2D eigenvalue weighted by atomic mass is 9.84. The number of nitrogens with one attached hydrogen (secondary N) is 1. The van der Waals surface area contributed by atoms with Gasteiger partial charge in [0, 0.05) is 11.5 Å². The summed E-state index contributed by atoms with van der Waals surface area (Å²) >= 11 is 0. The first-order valence-electron chi connectivity index (χ1n) is 10.8. The van der Waals surface area contributed by atoms with Crippen LogP contribution < -0.4 is 33.7 Å². The molecule has 3 aromatic rings. The number of carbonyl (C=O) groups excluding carboxylic acids is 1. The third kappa shape index (κ3) is 3.78. The molecule has 10 nitrogen and oxygen atoms in total. The van der Waals surface area contributed by atoms with Crippen LogP contribution in [0.5, 0.6) is 34.5 Å². The summed E-state index contributed by atoms with van der Waals surface area (Å²) in [6.45, 7) is 0.224. The molecule has 178 valence electrons. The number of carboxylic acids is 1. The predicted octanol–water partition coefficient (Wildman–Crippen LogP) is 2.89. The van der Waals surface area contributed by atoms with Crippen molar-refractivity contribution in [2.24, 2.45) is 0 Å². The van der Waals surface area contributed by atoms with Gasteiger partial charge in [0.05, 0.1) is 0 Å². The largest absolute Gasteiger partial charge is 0.480 e. The van der Waals surface area contributed by atoms with Crippen LogP contribution in [0.3, 0.4) is 0 Å². The molecule has 3 aliphatic heterocycles. The first kappa shape index (κ1) is 21.0. The van der Waals surface area contributed by atoms with E-state index in [0.717, 1.165) is 0 Å². The molecule has 35 heavy (non-hydrogen) atoms. The van der Waals surface area contributed by atoms with Crippen LogP contribution in [0.4, 0.5) is 0 Å². The number of fused-ring (bicyclic) bond motifs is 3. The molecular formula is C25H19NO9. The van der Waals surface area contributed by atoms with Gasteiger partial charge in [0.2, 0.25) is 20.4 Å². The van der Waals surface area contributed by atoms with Gasteiger partial charge in [0.15, 0.2) is 34.5 Å². The molecule has 0 unspecified atom stereocenters. The zero-order chi connectivity index (χ0) is 23.9. The topological polar surface area (TPSA) is 122 Å². The van der Waals surface area contributed by atoms with Crippen LogP contribution in [0, 0.1) is 0 Å². The molecule has 0 aromatic heterocycles. The molecular weight excluding hydrogens is 458 g/mol. The monoisotopic (exact) mass is 477 g/mol. The van der Waals surface area contributed by atoms with E-state index in [4.69, 9.17) is 28.4 Å². The van der Waals surface area contributed by atoms with E-state index >= 15 is 0 Å². The van der Waals surface area contributed by atoms with E-state index in [1.165, 1.54) is 6.07 Å². The Morgan fingerprint density at radius 2 is 1.11 bits per heavy atom. The van der Waals surface area contributed by atoms with E-state index in [-0.39, 0.29) is 25.9 Å². The Balaban J connectivity index is 1.39. The van der Waals surface area contributed by atoms with Crippen LogP contribution in [0.25, 0.3) is 0 Å². The molecule has 1 amide bonds. The van der Waals surface area contributed by atoms with Gasteiger partial charge in [-0.15, -0.1) is 0 Å². The molecule has 0 saturated heterocycles. The van der Waals surface area contributed by atoms with E-state index < -0.39 is 23.8 Å². The smallest absolute Gasteiger partial charge is 0.327 e. The van der Waals surface area contributed by atoms with Crippen molar-refractivity contribution < 1.29 is 43.1 Å². The van der Waals surface area contributed by atoms with Gasteiger partial charge in [-0.05, 0) is 53.6 Å². The van der Waals surface area contributed by atoms with Gasteiger partial charge >= 0.3 is 5.97 Å². The highest BCUT2D eigenvalue weighted by atomic mass is 16.7. The van der Waals surface area contributed by atoms with Gasteiger partial charge in [-0.1, -0.05) is 12.1 Å². The molecule has 1 atom stereocenters. The number of rotatable bonds is 6. The molecule has 0 aliphatic carbocycles. The van der Waals surface area contributed by atoms with Crippen LogP contribution in [0.2, 0.25) is 0 Å². The van der Waals surface area contributed by atoms with E-state index in [1.54, 1.807) is 48.5 Å². The lowest BCUT2D eigenvalue weighted by molar-refractivity contribution is -0.139. The van der Waals surface area contributed by atoms with Gasteiger partial charge in [0.25, 0.3) is 5.91 Å². The fourth-order valence-electron chi connectivity index (χ4n) is 4.34. The highest BCUT2D eigenvalue weighted by Gasteiger charge is 2.35. The molecule has 3 heterocycles. The van der Waals surface area contributed by atoms with Gasteiger partial charge in [-0.2, -0.15) is 0 Å². The van der Waals surface area contributed by atoms with Crippen molar-refractivity contribution >= 4 is 11.9 Å². The summed E-state index contributed by atoms with van der Waals surface area (Å²) < 4.78 is 32.4. The van der Waals surface area contributed by atoms with Crippen LogP contribution in [0.1, 0.15) is 27.4 Å². The predicted molar refractivity (Wildman–Crippen MR) is 118 cm³/mol. The molecule has 0 saturated carbocycles. The quantitative estimate of drug-likeness (QED) is 0.552. The van der Waals surface area contributed by atoms with Crippen molar-refractivity contribution in [3.63, 3.8) is 0 Å². The minimum Gasteiger partial charge on any atom is -0.480 e. The van der Waals surface area contributed by atoms with Crippen molar-refractivity contribution in [2.45, 2.75) is 12.0 Å². The number of amides is 1. The number of carbonyl (C=O) groups is 2. The van der Waals surface area contributed by atoms with E-state index in [2.05, 4.69) is 5.32 Å². The number of hydrogen-bond acceptors (Lipinski definition) is 8. The second kappa shape index (κ2) is 8.32. The number of aliphatic carboxylic acids is 1.